The van der Waals surface area contributed by atoms with Crippen LogP contribution in [0.5, 0.6) is 17.2 Å². The summed E-state index contributed by atoms with van der Waals surface area (Å²) in [5.41, 5.74) is 1.86. The number of halogens is 4. The third-order valence-corrected chi connectivity index (χ3v) is 5.29. The van der Waals surface area contributed by atoms with Crippen LogP contribution in [0.1, 0.15) is 37.8 Å². The van der Waals surface area contributed by atoms with Crippen LogP contribution < -0.4 is 9.47 Å². The summed E-state index contributed by atoms with van der Waals surface area (Å²) in [4.78, 5) is 0. The monoisotopic (exact) mass is 446 g/mol. The van der Waals surface area contributed by atoms with Crippen LogP contribution in [0.2, 0.25) is 0 Å². The molecule has 0 aliphatic rings. The highest BCUT2D eigenvalue weighted by molar-refractivity contribution is 5.34. The Balaban J connectivity index is 1.55. The Bertz CT molecular complexity index is 986. The molecule has 0 fully saturated rings. The second-order valence-electron chi connectivity index (χ2n) is 8.29. The third kappa shape index (κ3) is 6.49. The van der Waals surface area contributed by atoms with Crippen LogP contribution >= 0.6 is 0 Å². The number of aryl methyl sites for hydroxylation is 1. The summed E-state index contributed by atoms with van der Waals surface area (Å²) in [6.07, 6.45) is -5.77. The molecule has 0 aromatic heterocycles. The van der Waals surface area contributed by atoms with E-state index in [9.17, 15) is 17.6 Å². The Labute approximate surface area is 185 Å². The highest BCUT2D eigenvalue weighted by Gasteiger charge is 2.44. The minimum absolute atomic E-state index is 0.220. The van der Waals surface area contributed by atoms with Gasteiger partial charge < -0.3 is 9.47 Å². The second-order valence-corrected chi connectivity index (χ2v) is 8.29. The molecule has 170 valence electrons. The zero-order valence-electron chi connectivity index (χ0n) is 18.0. The van der Waals surface area contributed by atoms with Crippen LogP contribution in [0.4, 0.5) is 17.6 Å². The molecule has 0 saturated carbocycles. The Kier molecular flexibility index (Phi) is 7.44. The molecule has 3 rings (SSSR count). The van der Waals surface area contributed by atoms with Crippen molar-refractivity contribution in [2.45, 2.75) is 51.1 Å². The molecule has 0 aliphatic carbocycles. The van der Waals surface area contributed by atoms with Crippen molar-refractivity contribution in [1.29, 1.82) is 0 Å². The molecule has 0 spiro atoms. The van der Waals surface area contributed by atoms with Crippen LogP contribution in [-0.4, -0.2) is 12.5 Å². The van der Waals surface area contributed by atoms with E-state index in [1.54, 1.807) is 12.1 Å². The molecular formula is C26H26F4O2. The van der Waals surface area contributed by atoms with Crippen molar-refractivity contribution in [3.05, 3.63) is 90.0 Å². The van der Waals surface area contributed by atoms with E-state index < -0.39 is 12.5 Å². The molecule has 0 saturated heterocycles. The van der Waals surface area contributed by atoms with E-state index in [-0.39, 0.29) is 11.2 Å². The molecular weight excluding hydrogens is 420 g/mol. The average Bonchev–Trinajstić information content (AvgIpc) is 2.75. The van der Waals surface area contributed by atoms with Crippen LogP contribution in [0.3, 0.4) is 0 Å². The van der Waals surface area contributed by atoms with Crippen molar-refractivity contribution >= 4 is 0 Å². The summed E-state index contributed by atoms with van der Waals surface area (Å²) in [6.45, 7) is 4.12. The average molecular weight is 446 g/mol. The van der Waals surface area contributed by atoms with Crippen molar-refractivity contribution in [1.82, 2.24) is 0 Å². The first kappa shape index (κ1) is 23.6. The summed E-state index contributed by atoms with van der Waals surface area (Å²) in [7, 11) is 0. The maximum atomic E-state index is 13.1. The van der Waals surface area contributed by atoms with Crippen molar-refractivity contribution in [2.75, 3.05) is 0 Å². The zero-order valence-corrected chi connectivity index (χ0v) is 18.0. The fraction of sp³-hybridized carbons (Fsp3) is 0.308. The van der Waals surface area contributed by atoms with Gasteiger partial charge in [-0.2, -0.15) is 17.6 Å². The van der Waals surface area contributed by atoms with Crippen LogP contribution in [0.25, 0.3) is 0 Å². The molecule has 0 atom stereocenters. The number of rotatable bonds is 10. The lowest BCUT2D eigenvalue weighted by Gasteiger charge is -2.26. The van der Waals surface area contributed by atoms with Crippen molar-refractivity contribution < 1.29 is 27.0 Å². The van der Waals surface area contributed by atoms with E-state index in [1.807, 2.05) is 48.5 Å². The molecule has 0 unspecified atom stereocenters. The number of benzene rings is 3. The summed E-state index contributed by atoms with van der Waals surface area (Å²) < 4.78 is 60.7. The molecule has 32 heavy (non-hydrogen) atoms. The van der Waals surface area contributed by atoms with Gasteiger partial charge in [-0.15, -0.1) is 0 Å². The first-order chi connectivity index (χ1) is 15.2. The van der Waals surface area contributed by atoms with E-state index in [0.29, 0.717) is 0 Å². The van der Waals surface area contributed by atoms with Crippen LogP contribution in [0.15, 0.2) is 78.9 Å². The van der Waals surface area contributed by atoms with Gasteiger partial charge in [0.25, 0.3) is 0 Å². The van der Waals surface area contributed by atoms with E-state index in [4.69, 9.17) is 4.74 Å². The van der Waals surface area contributed by atoms with Crippen LogP contribution in [-0.2, 0) is 11.8 Å². The van der Waals surface area contributed by atoms with E-state index in [0.717, 1.165) is 41.9 Å². The Morgan fingerprint density at radius 2 is 1.44 bits per heavy atom. The predicted octanol–water partition coefficient (Wildman–Crippen LogP) is 8.02. The molecule has 0 bridgehead atoms. The van der Waals surface area contributed by atoms with Gasteiger partial charge >= 0.3 is 12.5 Å². The number of alkyl halides is 4. The lowest BCUT2D eigenvalue weighted by Crippen LogP contribution is -2.33. The molecule has 0 radical (unpaired) electrons. The number of ether oxygens (including phenoxy) is 2. The first-order valence-electron chi connectivity index (χ1n) is 10.4. The summed E-state index contributed by atoms with van der Waals surface area (Å²) >= 11 is 0. The quantitative estimate of drug-likeness (QED) is 0.294. The van der Waals surface area contributed by atoms with Gasteiger partial charge in [0.2, 0.25) is 0 Å². The van der Waals surface area contributed by atoms with E-state index in [2.05, 4.69) is 24.7 Å². The SMILES string of the molecule is CC(C)(CCCc1cccc(Oc2ccccc2)c1)c1ccc(OC(F)(F)C(F)F)cc1. The minimum Gasteiger partial charge on any atom is -0.457 e. The molecule has 3 aromatic carbocycles. The molecule has 0 N–H and O–H groups in total. The maximum Gasteiger partial charge on any atom is 0.461 e. The Morgan fingerprint density at radius 1 is 0.781 bits per heavy atom. The Morgan fingerprint density at radius 3 is 2.09 bits per heavy atom. The smallest absolute Gasteiger partial charge is 0.457 e. The number of hydrogen-bond donors (Lipinski definition) is 0. The van der Waals surface area contributed by atoms with Crippen molar-refractivity contribution in [3.8, 4) is 17.2 Å². The van der Waals surface area contributed by atoms with Gasteiger partial charge in [0, 0.05) is 0 Å². The van der Waals surface area contributed by atoms with Gasteiger partial charge in [0.05, 0.1) is 0 Å². The van der Waals surface area contributed by atoms with Gasteiger partial charge in [-0.25, -0.2) is 0 Å². The Hall–Kier alpha value is -3.02. The fourth-order valence-electron chi connectivity index (χ4n) is 3.44. The maximum absolute atomic E-state index is 13.1. The predicted molar refractivity (Wildman–Crippen MR) is 117 cm³/mol. The summed E-state index contributed by atoms with van der Waals surface area (Å²) in [5, 5.41) is 0. The summed E-state index contributed by atoms with van der Waals surface area (Å²) in [6, 6.07) is 23.4. The first-order valence-corrected chi connectivity index (χ1v) is 10.4. The fourth-order valence-corrected chi connectivity index (χ4v) is 3.44. The molecule has 0 heterocycles. The number of para-hydroxylation sites is 1. The zero-order chi connectivity index (χ0) is 23.2. The van der Waals surface area contributed by atoms with Crippen molar-refractivity contribution in [3.63, 3.8) is 0 Å². The normalized spacial score (nSPS) is 12.1. The molecule has 0 aliphatic heterocycles. The van der Waals surface area contributed by atoms with Gasteiger partial charge in [-0.3, -0.25) is 0 Å². The highest BCUT2D eigenvalue weighted by Crippen LogP contribution is 2.33. The molecule has 2 nitrogen and oxygen atoms in total. The van der Waals surface area contributed by atoms with E-state index >= 15 is 0 Å². The lowest BCUT2D eigenvalue weighted by molar-refractivity contribution is -0.253. The largest absolute Gasteiger partial charge is 0.461 e. The molecule has 3 aromatic rings. The minimum atomic E-state index is -4.50. The number of hydrogen-bond acceptors (Lipinski definition) is 2. The molecule has 6 heteroatoms. The summed E-state index contributed by atoms with van der Waals surface area (Å²) in [5.74, 6) is 1.28. The van der Waals surface area contributed by atoms with Gasteiger partial charge in [-0.05, 0) is 72.2 Å². The van der Waals surface area contributed by atoms with Crippen molar-refractivity contribution in [2.24, 2.45) is 0 Å². The van der Waals surface area contributed by atoms with Gasteiger partial charge in [0.1, 0.15) is 17.2 Å². The standard InChI is InChI=1S/C26H26F4O2/c1-25(2,20-13-15-22(16-14-20)32-26(29,30)24(27)28)17-7-9-19-8-6-12-23(18-19)31-21-10-4-3-5-11-21/h3-6,8,10-16,18,24H,7,9,17H2,1-2H3. The third-order valence-electron chi connectivity index (χ3n) is 5.29. The topological polar surface area (TPSA) is 18.5 Å². The molecule has 0 amide bonds. The van der Waals surface area contributed by atoms with Gasteiger partial charge in [0.15, 0.2) is 0 Å². The highest BCUT2D eigenvalue weighted by atomic mass is 19.3. The van der Waals surface area contributed by atoms with Crippen LogP contribution in [0, 0.1) is 0 Å². The lowest BCUT2D eigenvalue weighted by atomic mass is 9.80. The van der Waals surface area contributed by atoms with Gasteiger partial charge in [-0.1, -0.05) is 56.3 Å². The second kappa shape index (κ2) is 10.1. The van der Waals surface area contributed by atoms with E-state index in [1.165, 1.54) is 12.1 Å².